The van der Waals surface area contributed by atoms with E-state index in [-0.39, 0.29) is 18.4 Å². The molecule has 0 aliphatic carbocycles. The molecule has 0 radical (unpaired) electrons. The molecule has 2 aromatic heterocycles. The standard InChI is InChI=1S/C16H16N2O3S/c19-14-9-12(16(20)21)15(13-4-2-8-22-13)18(14)7-5-11-3-1-6-17-10-11/h1-4,6,8,10,12,15H,5,7,9H2,(H,20,21)/t12-,15+/m0/s1. The third-order valence-electron chi connectivity index (χ3n) is 3.95. The van der Waals surface area contributed by atoms with Crippen LogP contribution in [0.5, 0.6) is 0 Å². The van der Waals surface area contributed by atoms with Crippen molar-refractivity contribution in [2.45, 2.75) is 18.9 Å². The van der Waals surface area contributed by atoms with Gasteiger partial charge in [-0.05, 0) is 29.5 Å². The normalized spacial score (nSPS) is 21.3. The van der Waals surface area contributed by atoms with Crippen LogP contribution in [0.1, 0.15) is 22.9 Å². The first kappa shape index (κ1) is 14.7. The summed E-state index contributed by atoms with van der Waals surface area (Å²) in [5, 5.41) is 11.3. The summed E-state index contributed by atoms with van der Waals surface area (Å²) in [5.41, 5.74) is 1.04. The van der Waals surface area contributed by atoms with E-state index in [4.69, 9.17) is 0 Å². The van der Waals surface area contributed by atoms with E-state index in [0.29, 0.717) is 13.0 Å². The Morgan fingerprint density at radius 3 is 2.91 bits per heavy atom. The van der Waals surface area contributed by atoms with E-state index in [1.165, 1.54) is 11.3 Å². The molecule has 3 rings (SSSR count). The molecule has 5 nitrogen and oxygen atoms in total. The van der Waals surface area contributed by atoms with Gasteiger partial charge in [-0.3, -0.25) is 14.6 Å². The molecule has 0 spiro atoms. The van der Waals surface area contributed by atoms with Crippen LogP contribution in [0.2, 0.25) is 0 Å². The maximum absolute atomic E-state index is 12.3. The fourth-order valence-corrected chi connectivity index (χ4v) is 3.78. The molecule has 1 fully saturated rings. The molecule has 0 aromatic carbocycles. The van der Waals surface area contributed by atoms with Crippen LogP contribution in [0, 0.1) is 5.92 Å². The number of carboxylic acid groups (broad SMARTS) is 1. The number of aliphatic carboxylic acids is 1. The Morgan fingerprint density at radius 2 is 2.27 bits per heavy atom. The van der Waals surface area contributed by atoms with Gasteiger partial charge in [0.05, 0.1) is 12.0 Å². The van der Waals surface area contributed by atoms with Gasteiger partial charge in [0, 0.05) is 30.2 Å². The highest BCUT2D eigenvalue weighted by molar-refractivity contribution is 7.10. The molecule has 114 valence electrons. The Hall–Kier alpha value is -2.21. The maximum Gasteiger partial charge on any atom is 0.309 e. The molecule has 1 N–H and O–H groups in total. The second kappa shape index (κ2) is 6.27. The van der Waals surface area contributed by atoms with E-state index in [1.807, 2.05) is 29.6 Å². The lowest BCUT2D eigenvalue weighted by Crippen LogP contribution is -2.31. The summed E-state index contributed by atoms with van der Waals surface area (Å²) < 4.78 is 0. The number of carboxylic acids is 1. The van der Waals surface area contributed by atoms with E-state index in [1.54, 1.807) is 17.3 Å². The first-order valence-electron chi connectivity index (χ1n) is 7.11. The van der Waals surface area contributed by atoms with Crippen molar-refractivity contribution in [1.82, 2.24) is 9.88 Å². The van der Waals surface area contributed by atoms with Gasteiger partial charge in [0.15, 0.2) is 0 Å². The maximum atomic E-state index is 12.3. The third-order valence-corrected chi connectivity index (χ3v) is 4.89. The number of carbonyl (C=O) groups excluding carboxylic acids is 1. The summed E-state index contributed by atoms with van der Waals surface area (Å²) in [6.45, 7) is 0.511. The Balaban J connectivity index is 1.81. The van der Waals surface area contributed by atoms with E-state index < -0.39 is 11.9 Å². The van der Waals surface area contributed by atoms with Gasteiger partial charge in [0.2, 0.25) is 5.91 Å². The van der Waals surface area contributed by atoms with Gasteiger partial charge < -0.3 is 10.0 Å². The highest BCUT2D eigenvalue weighted by Gasteiger charge is 2.44. The van der Waals surface area contributed by atoms with Gasteiger partial charge in [-0.2, -0.15) is 0 Å². The average molecular weight is 316 g/mol. The van der Waals surface area contributed by atoms with Crippen molar-refractivity contribution in [2.75, 3.05) is 6.54 Å². The van der Waals surface area contributed by atoms with E-state index in [2.05, 4.69) is 4.98 Å². The molecule has 1 aliphatic heterocycles. The van der Waals surface area contributed by atoms with Gasteiger partial charge in [0.25, 0.3) is 0 Å². The summed E-state index contributed by atoms with van der Waals surface area (Å²) in [7, 11) is 0. The summed E-state index contributed by atoms with van der Waals surface area (Å²) in [5.74, 6) is -1.66. The predicted octanol–water partition coefficient (Wildman–Crippen LogP) is 2.36. The fraction of sp³-hybridized carbons (Fsp3) is 0.312. The SMILES string of the molecule is O=C(O)[C@H]1CC(=O)N(CCc2cccnc2)[C@H]1c1cccs1. The molecule has 1 saturated heterocycles. The lowest BCUT2D eigenvalue weighted by atomic mass is 9.99. The molecular formula is C16H16N2O3S. The topological polar surface area (TPSA) is 70.5 Å². The summed E-state index contributed by atoms with van der Waals surface area (Å²) >= 11 is 1.50. The number of likely N-dealkylation sites (tertiary alicyclic amines) is 1. The number of pyridine rings is 1. The lowest BCUT2D eigenvalue weighted by molar-refractivity contribution is -0.142. The number of thiophene rings is 1. The Kier molecular flexibility index (Phi) is 4.20. The lowest BCUT2D eigenvalue weighted by Gasteiger charge is -2.26. The van der Waals surface area contributed by atoms with Gasteiger partial charge in [-0.25, -0.2) is 0 Å². The number of hydrogen-bond acceptors (Lipinski definition) is 4. The molecule has 0 saturated carbocycles. The minimum Gasteiger partial charge on any atom is -0.481 e. The zero-order valence-corrected chi connectivity index (χ0v) is 12.7. The van der Waals surface area contributed by atoms with Gasteiger partial charge in [0.1, 0.15) is 0 Å². The van der Waals surface area contributed by atoms with Crippen molar-refractivity contribution in [3.8, 4) is 0 Å². The van der Waals surface area contributed by atoms with E-state index in [9.17, 15) is 14.7 Å². The predicted molar refractivity (Wildman–Crippen MR) is 82.5 cm³/mol. The highest BCUT2D eigenvalue weighted by atomic mass is 32.1. The molecular weight excluding hydrogens is 300 g/mol. The van der Waals surface area contributed by atoms with Gasteiger partial charge >= 0.3 is 5.97 Å². The second-order valence-electron chi connectivity index (χ2n) is 5.31. The van der Waals surface area contributed by atoms with Crippen LogP contribution in [0.4, 0.5) is 0 Å². The molecule has 22 heavy (non-hydrogen) atoms. The van der Waals surface area contributed by atoms with Crippen molar-refractivity contribution >= 4 is 23.2 Å². The Bertz CT molecular complexity index is 657. The van der Waals surface area contributed by atoms with Crippen LogP contribution in [0.15, 0.2) is 42.0 Å². The zero-order chi connectivity index (χ0) is 15.5. The molecule has 0 bridgehead atoms. The molecule has 0 unspecified atom stereocenters. The third kappa shape index (κ3) is 2.87. The number of amides is 1. The molecule has 1 amide bonds. The number of aromatic nitrogens is 1. The summed E-state index contributed by atoms with van der Waals surface area (Å²) in [6, 6.07) is 7.25. The first-order chi connectivity index (χ1) is 10.7. The molecule has 2 atom stereocenters. The minimum atomic E-state index is -0.907. The second-order valence-corrected chi connectivity index (χ2v) is 6.29. The van der Waals surface area contributed by atoms with Crippen LogP contribution in [-0.4, -0.2) is 33.4 Å². The Labute approximate surface area is 132 Å². The van der Waals surface area contributed by atoms with Crippen molar-refractivity contribution in [3.63, 3.8) is 0 Å². The molecule has 2 aromatic rings. The first-order valence-corrected chi connectivity index (χ1v) is 7.99. The molecule has 3 heterocycles. The quantitative estimate of drug-likeness (QED) is 0.919. The van der Waals surface area contributed by atoms with Gasteiger partial charge in [-0.15, -0.1) is 11.3 Å². The fourth-order valence-electron chi connectivity index (χ4n) is 2.88. The zero-order valence-electron chi connectivity index (χ0n) is 11.9. The smallest absolute Gasteiger partial charge is 0.309 e. The average Bonchev–Trinajstić information content (AvgIpc) is 3.13. The van der Waals surface area contributed by atoms with Crippen LogP contribution in [0.25, 0.3) is 0 Å². The number of nitrogens with zero attached hydrogens (tertiary/aromatic N) is 2. The molecule has 1 aliphatic rings. The van der Waals surface area contributed by atoms with Crippen LogP contribution < -0.4 is 0 Å². The van der Waals surface area contributed by atoms with Gasteiger partial charge in [-0.1, -0.05) is 12.1 Å². The van der Waals surface area contributed by atoms with Crippen molar-refractivity contribution in [3.05, 3.63) is 52.5 Å². The van der Waals surface area contributed by atoms with Crippen LogP contribution in [0.3, 0.4) is 0 Å². The number of carbonyl (C=O) groups is 2. The number of hydrogen-bond donors (Lipinski definition) is 1. The number of rotatable bonds is 5. The highest BCUT2D eigenvalue weighted by Crippen LogP contribution is 2.40. The van der Waals surface area contributed by atoms with E-state index >= 15 is 0 Å². The van der Waals surface area contributed by atoms with Crippen molar-refractivity contribution < 1.29 is 14.7 Å². The van der Waals surface area contributed by atoms with Crippen molar-refractivity contribution in [1.29, 1.82) is 0 Å². The van der Waals surface area contributed by atoms with Crippen molar-refractivity contribution in [2.24, 2.45) is 5.92 Å². The summed E-state index contributed by atoms with van der Waals surface area (Å²) in [6.07, 6.45) is 4.23. The summed E-state index contributed by atoms with van der Waals surface area (Å²) in [4.78, 5) is 30.5. The minimum absolute atomic E-state index is 0.0743. The Morgan fingerprint density at radius 1 is 1.41 bits per heavy atom. The van der Waals surface area contributed by atoms with E-state index in [0.717, 1.165) is 10.4 Å². The van der Waals surface area contributed by atoms with Crippen LogP contribution >= 0.6 is 11.3 Å². The monoisotopic (exact) mass is 316 g/mol. The largest absolute Gasteiger partial charge is 0.481 e. The van der Waals surface area contributed by atoms with Crippen LogP contribution in [-0.2, 0) is 16.0 Å². The molecule has 6 heteroatoms.